The first kappa shape index (κ1) is 17.0. The van der Waals surface area contributed by atoms with Crippen molar-refractivity contribution in [1.29, 1.82) is 0 Å². The second-order valence-corrected chi connectivity index (χ2v) is 8.11. The Morgan fingerprint density at radius 2 is 2.11 bits per heavy atom. The first-order valence-corrected chi connectivity index (χ1v) is 10.00. The Kier molecular flexibility index (Phi) is 4.25. The number of phenolic OH excluding ortho intramolecular Hbond substituents is 1. The summed E-state index contributed by atoms with van der Waals surface area (Å²) in [6.45, 7) is 2.41. The average molecular weight is 366 g/mol. The van der Waals surface area contributed by atoms with Crippen LogP contribution in [0, 0.1) is 0 Å². The molecule has 5 rings (SSSR count). The van der Waals surface area contributed by atoms with E-state index in [0.717, 1.165) is 50.3 Å². The number of nitrogens with zero attached hydrogens (tertiary/aromatic N) is 4. The van der Waals surface area contributed by atoms with E-state index in [1.807, 2.05) is 18.3 Å². The lowest BCUT2D eigenvalue weighted by Gasteiger charge is -2.36. The molecular formula is C21H26N4O2. The lowest BCUT2D eigenvalue weighted by atomic mass is 9.98. The fourth-order valence-electron chi connectivity index (χ4n) is 4.96. The predicted molar refractivity (Wildman–Crippen MR) is 103 cm³/mol. The fraction of sp³-hybridized carbons (Fsp3) is 0.524. The van der Waals surface area contributed by atoms with Crippen LogP contribution in [0.5, 0.6) is 5.75 Å². The Morgan fingerprint density at radius 1 is 1.19 bits per heavy atom. The number of fused-ring (bicyclic) bond motifs is 4. The Morgan fingerprint density at radius 3 is 2.96 bits per heavy atom. The number of aliphatic hydroxyl groups is 1. The van der Waals surface area contributed by atoms with Gasteiger partial charge in [-0.3, -0.25) is 4.90 Å². The molecule has 27 heavy (non-hydrogen) atoms. The van der Waals surface area contributed by atoms with Gasteiger partial charge in [0.1, 0.15) is 5.75 Å². The van der Waals surface area contributed by atoms with E-state index in [4.69, 9.17) is 4.98 Å². The number of hydrogen-bond acceptors (Lipinski definition) is 6. The topological polar surface area (TPSA) is 72.7 Å². The van der Waals surface area contributed by atoms with E-state index in [-0.39, 0.29) is 6.10 Å². The molecule has 2 saturated heterocycles. The van der Waals surface area contributed by atoms with Crippen LogP contribution in [0.25, 0.3) is 0 Å². The van der Waals surface area contributed by atoms with Gasteiger partial charge in [0.15, 0.2) is 0 Å². The molecule has 1 aromatic carbocycles. The van der Waals surface area contributed by atoms with Gasteiger partial charge in [0, 0.05) is 49.9 Å². The molecule has 0 radical (unpaired) electrons. The zero-order chi connectivity index (χ0) is 18.4. The van der Waals surface area contributed by atoms with Crippen LogP contribution >= 0.6 is 0 Å². The Bertz CT molecular complexity index is 843. The van der Waals surface area contributed by atoms with Crippen LogP contribution in [-0.2, 0) is 13.0 Å². The molecule has 2 bridgehead atoms. The Hall–Kier alpha value is -2.18. The molecule has 1 aromatic heterocycles. The Labute approximate surface area is 159 Å². The zero-order valence-corrected chi connectivity index (χ0v) is 15.5. The van der Waals surface area contributed by atoms with Crippen molar-refractivity contribution in [3.05, 3.63) is 47.3 Å². The Balaban J connectivity index is 1.39. The zero-order valence-electron chi connectivity index (χ0n) is 15.5. The number of benzene rings is 1. The quantitative estimate of drug-likeness (QED) is 0.869. The molecule has 2 N–H and O–H groups in total. The predicted octanol–water partition coefficient (Wildman–Crippen LogP) is 2.41. The summed E-state index contributed by atoms with van der Waals surface area (Å²) < 4.78 is 0. The van der Waals surface area contributed by atoms with Gasteiger partial charge in [0.05, 0.1) is 11.8 Å². The van der Waals surface area contributed by atoms with E-state index in [9.17, 15) is 10.2 Å². The molecule has 4 heterocycles. The number of aromatic nitrogens is 2. The number of phenols is 1. The lowest BCUT2D eigenvalue weighted by molar-refractivity contribution is 0.153. The van der Waals surface area contributed by atoms with Gasteiger partial charge in [-0.2, -0.15) is 0 Å². The summed E-state index contributed by atoms with van der Waals surface area (Å²) in [5.41, 5.74) is 3.58. The fourth-order valence-corrected chi connectivity index (χ4v) is 4.96. The van der Waals surface area contributed by atoms with Crippen molar-refractivity contribution in [1.82, 2.24) is 14.9 Å². The minimum Gasteiger partial charge on any atom is -0.508 e. The minimum atomic E-state index is -0.271. The number of aliphatic hydroxyl groups excluding tert-OH is 1. The molecule has 0 spiro atoms. The van der Waals surface area contributed by atoms with Crippen molar-refractivity contribution in [2.45, 2.75) is 56.8 Å². The molecule has 142 valence electrons. The van der Waals surface area contributed by atoms with Crippen LogP contribution in [0.15, 0.2) is 30.5 Å². The molecule has 0 unspecified atom stereocenters. The van der Waals surface area contributed by atoms with E-state index in [2.05, 4.69) is 20.9 Å². The van der Waals surface area contributed by atoms with Crippen molar-refractivity contribution < 1.29 is 10.2 Å². The summed E-state index contributed by atoms with van der Waals surface area (Å²) in [7, 11) is 0. The maximum absolute atomic E-state index is 9.95. The van der Waals surface area contributed by atoms with Gasteiger partial charge in [-0.25, -0.2) is 9.97 Å². The first-order valence-electron chi connectivity index (χ1n) is 10.00. The third-order valence-electron chi connectivity index (χ3n) is 6.27. The molecule has 3 aliphatic heterocycles. The average Bonchev–Trinajstić information content (AvgIpc) is 2.93. The molecule has 6 heteroatoms. The molecular weight excluding hydrogens is 340 g/mol. The second-order valence-electron chi connectivity index (χ2n) is 8.11. The van der Waals surface area contributed by atoms with Crippen LogP contribution < -0.4 is 4.90 Å². The number of piperidine rings is 1. The molecule has 0 saturated carbocycles. The summed E-state index contributed by atoms with van der Waals surface area (Å²) in [5, 5.41) is 19.7. The van der Waals surface area contributed by atoms with Gasteiger partial charge in [0.2, 0.25) is 5.95 Å². The molecule has 0 amide bonds. The maximum Gasteiger partial charge on any atom is 0.225 e. The third-order valence-corrected chi connectivity index (χ3v) is 6.27. The highest BCUT2D eigenvalue weighted by Gasteiger charge is 2.41. The summed E-state index contributed by atoms with van der Waals surface area (Å²) in [6, 6.07) is 8.43. The van der Waals surface area contributed by atoms with E-state index in [1.54, 1.807) is 6.07 Å². The summed E-state index contributed by atoms with van der Waals surface area (Å²) in [5.74, 6) is 1.10. The molecule has 0 aliphatic carbocycles. The van der Waals surface area contributed by atoms with Crippen molar-refractivity contribution in [2.24, 2.45) is 0 Å². The molecule has 2 fully saturated rings. The highest BCUT2D eigenvalue weighted by Crippen LogP contribution is 2.44. The van der Waals surface area contributed by atoms with Crippen LogP contribution in [0.3, 0.4) is 0 Å². The lowest BCUT2D eigenvalue weighted by Crippen LogP contribution is -2.40. The molecule has 3 atom stereocenters. The standard InChI is InChI=1S/C21H26N4O2/c26-16-4-1-3-14(9-16)12-25-15-6-7-20(25)18-11-22-21(23-19(18)10-15)24-8-2-5-17(27)13-24/h1,3-4,9,11,15,17,20,26-27H,2,5-8,10,12-13H2/t15-,17-,20-/m0/s1. The second kappa shape index (κ2) is 6.77. The van der Waals surface area contributed by atoms with Crippen molar-refractivity contribution in [3.8, 4) is 5.75 Å². The first-order chi connectivity index (χ1) is 13.2. The maximum atomic E-state index is 9.95. The highest BCUT2D eigenvalue weighted by molar-refractivity contribution is 5.38. The highest BCUT2D eigenvalue weighted by atomic mass is 16.3. The van der Waals surface area contributed by atoms with E-state index in [1.165, 1.54) is 17.7 Å². The summed E-state index contributed by atoms with van der Waals surface area (Å²) in [4.78, 5) is 14.2. The van der Waals surface area contributed by atoms with Gasteiger partial charge in [-0.05, 0) is 43.4 Å². The van der Waals surface area contributed by atoms with Gasteiger partial charge in [-0.1, -0.05) is 12.1 Å². The number of rotatable bonds is 3. The van der Waals surface area contributed by atoms with Crippen molar-refractivity contribution in [3.63, 3.8) is 0 Å². The van der Waals surface area contributed by atoms with Crippen LogP contribution in [0.2, 0.25) is 0 Å². The van der Waals surface area contributed by atoms with Gasteiger partial charge in [-0.15, -0.1) is 0 Å². The molecule has 2 aromatic rings. The summed E-state index contributed by atoms with van der Waals surface area (Å²) in [6.07, 6.45) is 6.88. The summed E-state index contributed by atoms with van der Waals surface area (Å²) >= 11 is 0. The van der Waals surface area contributed by atoms with Crippen molar-refractivity contribution >= 4 is 5.95 Å². The molecule has 3 aliphatic rings. The number of hydrogen-bond donors (Lipinski definition) is 2. The minimum absolute atomic E-state index is 0.271. The normalized spacial score (nSPS) is 27.6. The van der Waals surface area contributed by atoms with Crippen LogP contribution in [0.1, 0.15) is 48.5 Å². The SMILES string of the molecule is Oc1cccc(CN2[C@H]3CC[C@H]2c2cnc(N4CCC[C@H](O)C4)nc2C3)c1. The van der Waals surface area contributed by atoms with Gasteiger partial charge < -0.3 is 15.1 Å². The largest absolute Gasteiger partial charge is 0.508 e. The number of anilines is 1. The number of aromatic hydroxyl groups is 1. The van der Waals surface area contributed by atoms with Crippen molar-refractivity contribution in [2.75, 3.05) is 18.0 Å². The van der Waals surface area contributed by atoms with Crippen LogP contribution in [0.4, 0.5) is 5.95 Å². The smallest absolute Gasteiger partial charge is 0.225 e. The monoisotopic (exact) mass is 366 g/mol. The van der Waals surface area contributed by atoms with Gasteiger partial charge in [0.25, 0.3) is 0 Å². The third kappa shape index (κ3) is 3.17. The van der Waals surface area contributed by atoms with E-state index < -0.39 is 0 Å². The van der Waals surface area contributed by atoms with E-state index in [0.29, 0.717) is 24.4 Å². The van der Waals surface area contributed by atoms with E-state index >= 15 is 0 Å². The van der Waals surface area contributed by atoms with Crippen LogP contribution in [-0.4, -0.2) is 50.3 Å². The number of β-amino-alcohol motifs (C(OH)–C–C–N with tert-alkyl or cyclic N) is 1. The van der Waals surface area contributed by atoms with Gasteiger partial charge >= 0.3 is 0 Å². The molecule has 6 nitrogen and oxygen atoms in total.